The van der Waals surface area contributed by atoms with Gasteiger partial charge in [-0.25, -0.2) is 4.79 Å². The molecule has 0 aromatic heterocycles. The zero-order chi connectivity index (χ0) is 16.7. The Morgan fingerprint density at radius 1 is 1.22 bits per heavy atom. The van der Waals surface area contributed by atoms with Crippen LogP contribution in [-0.2, 0) is 14.3 Å². The number of amides is 1. The van der Waals surface area contributed by atoms with Crippen LogP contribution in [0.3, 0.4) is 0 Å². The summed E-state index contributed by atoms with van der Waals surface area (Å²) < 4.78 is 5.17. The van der Waals surface area contributed by atoms with Crippen molar-refractivity contribution >= 4 is 18.0 Å². The fourth-order valence-electron chi connectivity index (χ4n) is 2.83. The minimum Gasteiger partial charge on any atom is -0.449 e. The van der Waals surface area contributed by atoms with Gasteiger partial charge >= 0.3 is 5.97 Å². The van der Waals surface area contributed by atoms with Gasteiger partial charge in [-0.05, 0) is 37.3 Å². The van der Waals surface area contributed by atoms with Crippen LogP contribution < -0.4 is 5.32 Å². The smallest absolute Gasteiger partial charge is 0.331 e. The van der Waals surface area contributed by atoms with E-state index in [2.05, 4.69) is 12.2 Å². The Morgan fingerprint density at radius 2 is 1.91 bits per heavy atom. The van der Waals surface area contributed by atoms with Crippen molar-refractivity contribution in [2.24, 2.45) is 5.92 Å². The summed E-state index contributed by atoms with van der Waals surface area (Å²) in [5.74, 6) is -0.244. The van der Waals surface area contributed by atoms with Crippen molar-refractivity contribution in [2.75, 3.05) is 0 Å². The molecule has 1 aromatic rings. The number of ether oxygens (including phenoxy) is 1. The lowest BCUT2D eigenvalue weighted by atomic mass is 9.86. The van der Waals surface area contributed by atoms with Crippen molar-refractivity contribution in [3.8, 4) is 0 Å². The lowest BCUT2D eigenvalue weighted by molar-refractivity contribution is -0.150. The van der Waals surface area contributed by atoms with E-state index in [9.17, 15) is 9.59 Å². The molecule has 2 rings (SSSR count). The highest BCUT2D eigenvalue weighted by Crippen LogP contribution is 2.23. The fraction of sp³-hybridized carbons (Fsp3) is 0.474. The highest BCUT2D eigenvalue weighted by molar-refractivity contribution is 5.90. The van der Waals surface area contributed by atoms with Crippen molar-refractivity contribution in [2.45, 2.75) is 51.7 Å². The predicted molar refractivity (Wildman–Crippen MR) is 90.6 cm³/mol. The van der Waals surface area contributed by atoms with Gasteiger partial charge in [0.1, 0.15) is 0 Å². The van der Waals surface area contributed by atoms with Crippen molar-refractivity contribution in [1.82, 2.24) is 5.32 Å². The minimum atomic E-state index is -0.781. The third kappa shape index (κ3) is 5.55. The average Bonchev–Trinajstić information content (AvgIpc) is 2.56. The molecule has 1 amide bonds. The van der Waals surface area contributed by atoms with Gasteiger partial charge in [-0.3, -0.25) is 4.79 Å². The first-order chi connectivity index (χ1) is 11.1. The topological polar surface area (TPSA) is 55.4 Å². The van der Waals surface area contributed by atoms with E-state index in [0.717, 1.165) is 24.8 Å². The van der Waals surface area contributed by atoms with Crippen molar-refractivity contribution in [3.63, 3.8) is 0 Å². The first kappa shape index (κ1) is 17.3. The Labute approximate surface area is 137 Å². The summed E-state index contributed by atoms with van der Waals surface area (Å²) in [6.07, 6.45) is 6.75. The second-order valence-electron chi connectivity index (χ2n) is 6.20. The molecule has 4 nitrogen and oxygen atoms in total. The normalized spacial score (nSPS) is 22.5. The van der Waals surface area contributed by atoms with Crippen LogP contribution in [0, 0.1) is 5.92 Å². The molecule has 3 atom stereocenters. The number of rotatable bonds is 5. The van der Waals surface area contributed by atoms with Gasteiger partial charge in [-0.15, -0.1) is 0 Å². The summed E-state index contributed by atoms with van der Waals surface area (Å²) in [5.41, 5.74) is 0.914. The molecule has 0 aliphatic heterocycles. The Hall–Kier alpha value is -2.10. The number of hydrogen-bond donors (Lipinski definition) is 1. The zero-order valence-corrected chi connectivity index (χ0v) is 13.8. The molecule has 124 valence electrons. The molecule has 23 heavy (non-hydrogen) atoms. The lowest BCUT2D eigenvalue weighted by Crippen LogP contribution is -2.45. The molecule has 1 aliphatic rings. The molecule has 1 saturated carbocycles. The molecule has 1 aromatic carbocycles. The second-order valence-corrected chi connectivity index (χ2v) is 6.20. The monoisotopic (exact) mass is 315 g/mol. The second kappa shape index (κ2) is 8.51. The molecular formula is C19H25NO3. The maximum Gasteiger partial charge on any atom is 0.331 e. The zero-order valence-electron chi connectivity index (χ0n) is 13.8. The first-order valence-corrected chi connectivity index (χ1v) is 8.30. The van der Waals surface area contributed by atoms with Crippen LogP contribution in [0.25, 0.3) is 6.08 Å². The molecule has 0 saturated heterocycles. The average molecular weight is 315 g/mol. The number of benzene rings is 1. The van der Waals surface area contributed by atoms with E-state index >= 15 is 0 Å². The largest absolute Gasteiger partial charge is 0.449 e. The van der Waals surface area contributed by atoms with Gasteiger partial charge in [0.05, 0.1) is 0 Å². The molecule has 0 radical (unpaired) electrons. The number of esters is 1. The minimum absolute atomic E-state index is 0.192. The van der Waals surface area contributed by atoms with Gasteiger partial charge in [0, 0.05) is 12.1 Å². The Kier molecular flexibility index (Phi) is 6.39. The Bertz CT molecular complexity index is 553. The van der Waals surface area contributed by atoms with E-state index in [-0.39, 0.29) is 11.9 Å². The molecular weight excluding hydrogens is 290 g/mol. The fourth-order valence-corrected chi connectivity index (χ4v) is 2.83. The number of carbonyl (C=O) groups is 2. The van der Waals surface area contributed by atoms with E-state index in [1.807, 2.05) is 30.3 Å². The van der Waals surface area contributed by atoms with E-state index < -0.39 is 12.1 Å². The SMILES string of the molecule is C[C@H](OC(=O)/C=C/c1ccccc1)C(=O)N[C@@H]1CCCC[C@H]1C. The summed E-state index contributed by atoms with van der Waals surface area (Å²) >= 11 is 0. The summed E-state index contributed by atoms with van der Waals surface area (Å²) in [6, 6.07) is 9.68. The highest BCUT2D eigenvalue weighted by Gasteiger charge is 2.25. The predicted octanol–water partition coefficient (Wildman–Crippen LogP) is 3.33. The lowest BCUT2D eigenvalue weighted by Gasteiger charge is -2.30. The molecule has 1 N–H and O–H groups in total. The van der Waals surface area contributed by atoms with Gasteiger partial charge < -0.3 is 10.1 Å². The van der Waals surface area contributed by atoms with E-state index in [1.54, 1.807) is 13.0 Å². The van der Waals surface area contributed by atoms with E-state index in [0.29, 0.717) is 5.92 Å². The van der Waals surface area contributed by atoms with Gasteiger partial charge in [0.2, 0.25) is 0 Å². The van der Waals surface area contributed by atoms with Gasteiger partial charge in [-0.1, -0.05) is 50.1 Å². The van der Waals surface area contributed by atoms with Crippen molar-refractivity contribution in [3.05, 3.63) is 42.0 Å². The first-order valence-electron chi connectivity index (χ1n) is 8.30. The molecule has 0 heterocycles. The number of carbonyl (C=O) groups excluding carboxylic acids is 2. The van der Waals surface area contributed by atoms with Crippen LogP contribution in [-0.4, -0.2) is 24.0 Å². The molecule has 1 aliphatic carbocycles. The third-order valence-electron chi connectivity index (χ3n) is 4.31. The van der Waals surface area contributed by atoms with Crippen LogP contribution in [0.5, 0.6) is 0 Å². The molecule has 0 spiro atoms. The van der Waals surface area contributed by atoms with E-state index in [4.69, 9.17) is 4.74 Å². The van der Waals surface area contributed by atoms with Crippen LogP contribution >= 0.6 is 0 Å². The summed E-state index contributed by atoms with van der Waals surface area (Å²) in [4.78, 5) is 24.0. The third-order valence-corrected chi connectivity index (χ3v) is 4.31. The maximum atomic E-state index is 12.2. The van der Waals surface area contributed by atoms with Crippen LogP contribution in [0.4, 0.5) is 0 Å². The summed E-state index contributed by atoms with van der Waals surface area (Å²) in [7, 11) is 0. The standard InChI is InChI=1S/C19H25NO3/c1-14-8-6-7-11-17(14)20-19(22)15(2)23-18(21)13-12-16-9-4-3-5-10-16/h3-5,9-10,12-15,17H,6-8,11H2,1-2H3,(H,20,22)/b13-12+/t14-,15+,17-/m1/s1. The van der Waals surface area contributed by atoms with Crippen LogP contribution in [0.2, 0.25) is 0 Å². The number of nitrogens with one attached hydrogen (secondary N) is 1. The van der Waals surface area contributed by atoms with E-state index in [1.165, 1.54) is 12.5 Å². The summed E-state index contributed by atoms with van der Waals surface area (Å²) in [5, 5.41) is 3.01. The van der Waals surface area contributed by atoms with Gasteiger partial charge in [0.15, 0.2) is 6.10 Å². The molecule has 4 heteroatoms. The molecule has 0 bridgehead atoms. The Balaban J connectivity index is 1.80. The van der Waals surface area contributed by atoms with Crippen LogP contribution in [0.1, 0.15) is 45.1 Å². The maximum absolute atomic E-state index is 12.2. The number of hydrogen-bond acceptors (Lipinski definition) is 3. The molecule has 0 unspecified atom stereocenters. The summed E-state index contributed by atoms with van der Waals surface area (Å²) in [6.45, 7) is 3.76. The molecule has 1 fully saturated rings. The highest BCUT2D eigenvalue weighted by atomic mass is 16.5. The quantitative estimate of drug-likeness (QED) is 0.670. The van der Waals surface area contributed by atoms with Crippen LogP contribution in [0.15, 0.2) is 36.4 Å². The van der Waals surface area contributed by atoms with Crippen molar-refractivity contribution < 1.29 is 14.3 Å². The van der Waals surface area contributed by atoms with Crippen molar-refractivity contribution in [1.29, 1.82) is 0 Å². The Morgan fingerprint density at radius 3 is 2.61 bits per heavy atom. The van der Waals surface area contributed by atoms with Gasteiger partial charge in [-0.2, -0.15) is 0 Å². The van der Waals surface area contributed by atoms with Gasteiger partial charge in [0.25, 0.3) is 5.91 Å².